The highest BCUT2D eigenvalue weighted by atomic mass is 32.2. The fourth-order valence-corrected chi connectivity index (χ4v) is 4.50. The minimum atomic E-state index is -3.44. The number of piperidine rings is 1. The van der Waals surface area contributed by atoms with Gasteiger partial charge in [0, 0.05) is 19.6 Å². The van der Waals surface area contributed by atoms with E-state index in [1.165, 1.54) is 6.42 Å². The van der Waals surface area contributed by atoms with Crippen LogP contribution in [0.3, 0.4) is 0 Å². The molecule has 3 heterocycles. The molecule has 1 aromatic rings. The first kappa shape index (κ1) is 13.1. The van der Waals surface area contributed by atoms with Crippen molar-refractivity contribution < 1.29 is 12.8 Å². The third-order valence-electron chi connectivity index (χ3n) is 4.43. The van der Waals surface area contributed by atoms with Crippen molar-refractivity contribution in [3.63, 3.8) is 0 Å². The van der Waals surface area contributed by atoms with Crippen molar-refractivity contribution in [3.8, 4) is 0 Å². The predicted octanol–water partition coefficient (Wildman–Crippen LogP) is 1.35. The maximum Gasteiger partial charge on any atom is 0.276 e. The number of hydrogen-bond acceptors (Lipinski definition) is 4. The topological polar surface area (TPSA) is 62.6 Å². The van der Waals surface area contributed by atoms with E-state index in [-0.39, 0.29) is 5.09 Å². The maximum atomic E-state index is 12.4. The Morgan fingerprint density at radius 1 is 1.26 bits per heavy atom. The van der Waals surface area contributed by atoms with Gasteiger partial charge in [-0.05, 0) is 50.3 Å². The monoisotopic (exact) mass is 284 g/mol. The van der Waals surface area contributed by atoms with Crippen LogP contribution in [-0.4, -0.2) is 38.9 Å². The van der Waals surface area contributed by atoms with Crippen LogP contribution >= 0.6 is 0 Å². The Hall–Kier alpha value is -0.850. The number of sulfonamides is 1. The summed E-state index contributed by atoms with van der Waals surface area (Å²) in [7, 11) is -3.44. The first-order chi connectivity index (χ1) is 9.02. The lowest BCUT2D eigenvalue weighted by Crippen LogP contribution is -2.43. The number of furan rings is 1. The number of aryl methyl sites for hydroxylation is 1. The van der Waals surface area contributed by atoms with E-state index >= 15 is 0 Å². The van der Waals surface area contributed by atoms with E-state index < -0.39 is 10.0 Å². The molecule has 3 rings (SSSR count). The van der Waals surface area contributed by atoms with Crippen LogP contribution < -0.4 is 5.32 Å². The summed E-state index contributed by atoms with van der Waals surface area (Å²) >= 11 is 0. The SMILES string of the molecule is Cc1ccc(S(=O)(=O)N2CCC3(CCNC3)CC2)o1. The lowest BCUT2D eigenvalue weighted by atomic mass is 9.78. The number of rotatable bonds is 2. The molecule has 2 fully saturated rings. The second-order valence-corrected chi connectivity index (χ2v) is 7.56. The molecular formula is C13H20N2O3S. The van der Waals surface area contributed by atoms with Gasteiger partial charge >= 0.3 is 0 Å². The van der Waals surface area contributed by atoms with Gasteiger partial charge in [0.15, 0.2) is 0 Å². The average Bonchev–Trinajstić information content (AvgIpc) is 3.00. The molecule has 19 heavy (non-hydrogen) atoms. The van der Waals surface area contributed by atoms with E-state index in [4.69, 9.17) is 4.42 Å². The second-order valence-electron chi connectivity index (χ2n) is 5.70. The van der Waals surface area contributed by atoms with Crippen molar-refractivity contribution in [2.45, 2.75) is 31.3 Å². The predicted molar refractivity (Wildman–Crippen MR) is 71.4 cm³/mol. The standard InChI is InChI=1S/C13H20N2O3S/c1-11-2-3-12(18-11)19(16,17)15-8-5-13(6-9-15)4-7-14-10-13/h2-3,14H,4-10H2,1H3. The Labute approximate surface area is 114 Å². The summed E-state index contributed by atoms with van der Waals surface area (Å²) in [6, 6.07) is 3.24. The van der Waals surface area contributed by atoms with Gasteiger partial charge < -0.3 is 9.73 Å². The van der Waals surface area contributed by atoms with Crippen molar-refractivity contribution >= 4 is 10.0 Å². The van der Waals surface area contributed by atoms with Crippen molar-refractivity contribution in [2.75, 3.05) is 26.2 Å². The molecule has 2 aliphatic rings. The Morgan fingerprint density at radius 2 is 2.00 bits per heavy atom. The first-order valence-electron chi connectivity index (χ1n) is 6.79. The molecule has 2 aliphatic heterocycles. The Balaban J connectivity index is 1.74. The van der Waals surface area contributed by atoms with Gasteiger partial charge in [-0.3, -0.25) is 0 Å². The van der Waals surface area contributed by atoms with Gasteiger partial charge in [-0.2, -0.15) is 4.31 Å². The highest BCUT2D eigenvalue weighted by molar-refractivity contribution is 7.89. The molecule has 0 radical (unpaired) electrons. The zero-order chi connectivity index (χ0) is 13.5. The average molecular weight is 284 g/mol. The zero-order valence-corrected chi connectivity index (χ0v) is 12.0. The minimum absolute atomic E-state index is 0.0745. The summed E-state index contributed by atoms with van der Waals surface area (Å²) in [5.41, 5.74) is 0.325. The maximum absolute atomic E-state index is 12.4. The normalized spacial score (nSPS) is 24.1. The van der Waals surface area contributed by atoms with E-state index in [0.29, 0.717) is 24.3 Å². The Morgan fingerprint density at radius 3 is 2.53 bits per heavy atom. The third-order valence-corrected chi connectivity index (χ3v) is 6.20. The number of nitrogens with one attached hydrogen (secondary N) is 1. The largest absolute Gasteiger partial charge is 0.449 e. The molecule has 0 saturated carbocycles. The van der Waals surface area contributed by atoms with Gasteiger partial charge in [-0.25, -0.2) is 8.42 Å². The van der Waals surface area contributed by atoms with E-state index in [1.807, 2.05) is 0 Å². The molecule has 2 saturated heterocycles. The molecule has 0 bridgehead atoms. The molecule has 106 valence electrons. The zero-order valence-electron chi connectivity index (χ0n) is 11.2. The summed E-state index contributed by atoms with van der Waals surface area (Å²) < 4.78 is 31.7. The van der Waals surface area contributed by atoms with Crippen LogP contribution in [0.5, 0.6) is 0 Å². The van der Waals surface area contributed by atoms with Crippen LogP contribution in [0.25, 0.3) is 0 Å². The van der Waals surface area contributed by atoms with Gasteiger partial charge in [0.05, 0.1) is 0 Å². The lowest BCUT2D eigenvalue weighted by Gasteiger charge is -2.37. The van der Waals surface area contributed by atoms with Crippen LogP contribution in [-0.2, 0) is 10.0 Å². The molecule has 0 amide bonds. The summed E-state index contributed by atoms with van der Waals surface area (Å²) in [4.78, 5) is 0. The summed E-state index contributed by atoms with van der Waals surface area (Å²) in [5.74, 6) is 0.632. The summed E-state index contributed by atoms with van der Waals surface area (Å²) in [6.45, 7) is 5.05. The molecule has 0 unspecified atom stereocenters. The van der Waals surface area contributed by atoms with Crippen molar-refractivity contribution in [3.05, 3.63) is 17.9 Å². The third kappa shape index (κ3) is 2.32. The molecule has 1 spiro atoms. The molecule has 0 atom stereocenters. The van der Waals surface area contributed by atoms with E-state index in [1.54, 1.807) is 23.4 Å². The van der Waals surface area contributed by atoms with Crippen molar-refractivity contribution in [2.24, 2.45) is 5.41 Å². The molecule has 1 aromatic heterocycles. The highest BCUT2D eigenvalue weighted by Gasteiger charge is 2.40. The molecule has 0 aromatic carbocycles. The van der Waals surface area contributed by atoms with E-state index in [0.717, 1.165) is 25.9 Å². The van der Waals surface area contributed by atoms with Crippen molar-refractivity contribution in [1.29, 1.82) is 0 Å². The van der Waals surface area contributed by atoms with Crippen molar-refractivity contribution in [1.82, 2.24) is 9.62 Å². The van der Waals surface area contributed by atoms with Crippen LogP contribution in [0.2, 0.25) is 0 Å². The quantitative estimate of drug-likeness (QED) is 0.890. The van der Waals surface area contributed by atoms with Gasteiger partial charge in [-0.1, -0.05) is 0 Å². The van der Waals surface area contributed by atoms with E-state index in [2.05, 4.69) is 5.32 Å². The van der Waals surface area contributed by atoms with Gasteiger partial charge in [0.25, 0.3) is 10.0 Å². The molecule has 6 heteroatoms. The Kier molecular flexibility index (Phi) is 3.19. The molecule has 0 aliphatic carbocycles. The van der Waals surface area contributed by atoms with Crippen LogP contribution in [0.4, 0.5) is 0 Å². The molecule has 1 N–H and O–H groups in total. The second kappa shape index (κ2) is 4.61. The Bertz CT molecular complexity index is 548. The number of nitrogens with zero attached hydrogens (tertiary/aromatic N) is 1. The van der Waals surface area contributed by atoms with E-state index in [9.17, 15) is 8.42 Å². The van der Waals surface area contributed by atoms with Crippen LogP contribution in [0.1, 0.15) is 25.0 Å². The smallest absolute Gasteiger partial charge is 0.276 e. The fraction of sp³-hybridized carbons (Fsp3) is 0.692. The lowest BCUT2D eigenvalue weighted by molar-refractivity contribution is 0.173. The minimum Gasteiger partial charge on any atom is -0.449 e. The van der Waals surface area contributed by atoms with Crippen LogP contribution in [0, 0.1) is 12.3 Å². The first-order valence-corrected chi connectivity index (χ1v) is 8.23. The van der Waals surface area contributed by atoms with Crippen LogP contribution in [0.15, 0.2) is 21.6 Å². The number of hydrogen-bond donors (Lipinski definition) is 1. The van der Waals surface area contributed by atoms with Gasteiger partial charge in [-0.15, -0.1) is 0 Å². The molecule has 5 nitrogen and oxygen atoms in total. The van der Waals surface area contributed by atoms with Gasteiger partial charge in [0.2, 0.25) is 5.09 Å². The summed E-state index contributed by atoms with van der Waals surface area (Å²) in [5, 5.41) is 3.46. The highest BCUT2D eigenvalue weighted by Crippen LogP contribution is 2.38. The van der Waals surface area contributed by atoms with Gasteiger partial charge in [0.1, 0.15) is 5.76 Å². The molecular weight excluding hydrogens is 264 g/mol. The fourth-order valence-electron chi connectivity index (χ4n) is 3.10. The summed E-state index contributed by atoms with van der Waals surface area (Å²) in [6.07, 6.45) is 3.05.